The fraction of sp³-hybridized carbons (Fsp3) is 0.692. The Morgan fingerprint density at radius 1 is 1.61 bits per heavy atom. The Balaban J connectivity index is 1.83. The predicted molar refractivity (Wildman–Crippen MR) is 70.0 cm³/mol. The lowest BCUT2D eigenvalue weighted by Crippen LogP contribution is -2.35. The minimum atomic E-state index is 0.115. The summed E-state index contributed by atoms with van der Waals surface area (Å²) < 4.78 is 1.85. The zero-order valence-electron chi connectivity index (χ0n) is 11.4. The van der Waals surface area contributed by atoms with Gasteiger partial charge in [-0.3, -0.25) is 4.79 Å². The Labute approximate surface area is 108 Å². The smallest absolute Gasteiger partial charge is 0.242 e. The topological polar surface area (TPSA) is 50.2 Å². The molecule has 1 N–H and O–H groups in total. The van der Waals surface area contributed by atoms with E-state index >= 15 is 0 Å². The Morgan fingerprint density at radius 3 is 2.94 bits per heavy atom. The van der Waals surface area contributed by atoms with Crippen molar-refractivity contribution in [3.8, 4) is 0 Å². The molecule has 2 rings (SSSR count). The number of carbonyl (C=O) groups excluding carboxylic acids is 1. The van der Waals surface area contributed by atoms with Crippen LogP contribution in [0.25, 0.3) is 0 Å². The van der Waals surface area contributed by atoms with Crippen molar-refractivity contribution in [2.45, 2.75) is 51.9 Å². The van der Waals surface area contributed by atoms with Gasteiger partial charge in [0.05, 0.1) is 12.0 Å². The van der Waals surface area contributed by atoms with Crippen molar-refractivity contribution in [1.29, 1.82) is 0 Å². The lowest BCUT2D eigenvalue weighted by Gasteiger charge is -2.21. The standard InChI is InChI=1S/C13H22N4O/c1-10(2)16(3)13(18)8-17-7-12(15-9-17)6-14-11-4-5-11/h7,9-11,14H,4-6,8H2,1-3H3. The summed E-state index contributed by atoms with van der Waals surface area (Å²) in [6, 6.07) is 0.917. The van der Waals surface area contributed by atoms with Gasteiger partial charge in [-0.25, -0.2) is 4.98 Å². The molecular formula is C13H22N4O. The predicted octanol–water partition coefficient (Wildman–Crippen LogP) is 1.00. The van der Waals surface area contributed by atoms with Crippen molar-refractivity contribution < 1.29 is 4.79 Å². The molecule has 1 aromatic rings. The highest BCUT2D eigenvalue weighted by Crippen LogP contribution is 2.18. The van der Waals surface area contributed by atoms with Gasteiger partial charge in [-0.05, 0) is 26.7 Å². The number of aromatic nitrogens is 2. The summed E-state index contributed by atoms with van der Waals surface area (Å²) in [6.45, 7) is 5.19. The van der Waals surface area contributed by atoms with Crippen LogP contribution < -0.4 is 5.32 Å². The van der Waals surface area contributed by atoms with Gasteiger partial charge >= 0.3 is 0 Å². The molecule has 1 amide bonds. The first-order valence-electron chi connectivity index (χ1n) is 6.56. The van der Waals surface area contributed by atoms with Gasteiger partial charge in [0.25, 0.3) is 0 Å². The molecule has 1 aliphatic rings. The number of likely N-dealkylation sites (N-methyl/N-ethyl adjacent to an activating group) is 1. The zero-order chi connectivity index (χ0) is 13.1. The number of nitrogens with one attached hydrogen (secondary N) is 1. The summed E-state index contributed by atoms with van der Waals surface area (Å²) in [5.41, 5.74) is 1.00. The first-order valence-corrected chi connectivity index (χ1v) is 6.56. The van der Waals surface area contributed by atoms with E-state index in [0.29, 0.717) is 12.6 Å². The quantitative estimate of drug-likeness (QED) is 0.819. The Hall–Kier alpha value is -1.36. The molecule has 0 bridgehead atoms. The molecule has 1 fully saturated rings. The maximum Gasteiger partial charge on any atom is 0.242 e. The minimum Gasteiger partial charge on any atom is -0.342 e. The van der Waals surface area contributed by atoms with E-state index in [9.17, 15) is 4.79 Å². The van der Waals surface area contributed by atoms with Gasteiger partial charge in [0.2, 0.25) is 5.91 Å². The minimum absolute atomic E-state index is 0.115. The second kappa shape index (κ2) is 5.52. The molecule has 100 valence electrons. The highest BCUT2D eigenvalue weighted by atomic mass is 16.2. The van der Waals surface area contributed by atoms with Crippen LogP contribution in [0.2, 0.25) is 0 Å². The maximum atomic E-state index is 11.9. The van der Waals surface area contributed by atoms with Crippen LogP contribution in [-0.4, -0.2) is 39.5 Å². The lowest BCUT2D eigenvalue weighted by atomic mass is 10.3. The fourth-order valence-electron chi connectivity index (χ4n) is 1.68. The normalized spacial score (nSPS) is 15.1. The Bertz CT molecular complexity index is 409. The largest absolute Gasteiger partial charge is 0.342 e. The summed E-state index contributed by atoms with van der Waals surface area (Å²) in [5, 5.41) is 3.41. The van der Waals surface area contributed by atoms with Crippen molar-refractivity contribution in [1.82, 2.24) is 19.8 Å². The van der Waals surface area contributed by atoms with E-state index < -0.39 is 0 Å². The van der Waals surface area contributed by atoms with Crippen LogP contribution in [0.1, 0.15) is 32.4 Å². The number of hydrogen-bond acceptors (Lipinski definition) is 3. The molecule has 5 nitrogen and oxygen atoms in total. The maximum absolute atomic E-state index is 11.9. The Kier molecular flexibility index (Phi) is 4.01. The van der Waals surface area contributed by atoms with Crippen LogP contribution in [0.15, 0.2) is 12.5 Å². The highest BCUT2D eigenvalue weighted by molar-refractivity contribution is 5.75. The van der Waals surface area contributed by atoms with E-state index in [-0.39, 0.29) is 11.9 Å². The summed E-state index contributed by atoms with van der Waals surface area (Å²) in [5.74, 6) is 0.115. The van der Waals surface area contributed by atoms with Crippen molar-refractivity contribution in [3.63, 3.8) is 0 Å². The van der Waals surface area contributed by atoms with Gasteiger partial charge in [-0.15, -0.1) is 0 Å². The first-order chi connectivity index (χ1) is 8.56. The van der Waals surface area contributed by atoms with Crippen LogP contribution in [0.4, 0.5) is 0 Å². The van der Waals surface area contributed by atoms with Crippen LogP contribution in [0.5, 0.6) is 0 Å². The molecule has 0 unspecified atom stereocenters. The summed E-state index contributed by atoms with van der Waals surface area (Å²) >= 11 is 0. The van der Waals surface area contributed by atoms with Gasteiger partial charge in [0.15, 0.2) is 0 Å². The molecule has 0 atom stereocenters. The van der Waals surface area contributed by atoms with E-state index in [4.69, 9.17) is 0 Å². The lowest BCUT2D eigenvalue weighted by molar-refractivity contribution is -0.131. The number of amides is 1. The van der Waals surface area contributed by atoms with Gasteiger partial charge in [0.1, 0.15) is 6.54 Å². The monoisotopic (exact) mass is 250 g/mol. The second-order valence-electron chi connectivity index (χ2n) is 5.29. The van der Waals surface area contributed by atoms with E-state index in [1.165, 1.54) is 12.8 Å². The van der Waals surface area contributed by atoms with Crippen molar-refractivity contribution in [2.75, 3.05) is 7.05 Å². The molecule has 18 heavy (non-hydrogen) atoms. The number of rotatable bonds is 6. The molecule has 0 radical (unpaired) electrons. The summed E-state index contributed by atoms with van der Waals surface area (Å²) in [4.78, 5) is 18.0. The molecule has 5 heteroatoms. The van der Waals surface area contributed by atoms with Crippen LogP contribution in [0.3, 0.4) is 0 Å². The molecule has 1 aliphatic carbocycles. The van der Waals surface area contributed by atoms with Gasteiger partial charge in [-0.2, -0.15) is 0 Å². The van der Waals surface area contributed by atoms with E-state index in [0.717, 1.165) is 12.2 Å². The van der Waals surface area contributed by atoms with E-state index in [1.54, 1.807) is 11.2 Å². The van der Waals surface area contributed by atoms with Gasteiger partial charge < -0.3 is 14.8 Å². The number of nitrogens with zero attached hydrogens (tertiary/aromatic N) is 3. The molecule has 1 saturated carbocycles. The van der Waals surface area contributed by atoms with Gasteiger partial charge in [0, 0.05) is 31.9 Å². The number of imidazole rings is 1. The molecule has 0 aromatic carbocycles. The molecule has 1 aromatic heterocycles. The average molecular weight is 250 g/mol. The summed E-state index contributed by atoms with van der Waals surface area (Å²) in [6.07, 6.45) is 6.23. The Morgan fingerprint density at radius 2 is 2.33 bits per heavy atom. The second-order valence-corrected chi connectivity index (χ2v) is 5.29. The highest BCUT2D eigenvalue weighted by Gasteiger charge is 2.20. The number of carbonyl (C=O) groups is 1. The van der Waals surface area contributed by atoms with Gasteiger partial charge in [-0.1, -0.05) is 0 Å². The number of hydrogen-bond donors (Lipinski definition) is 1. The molecule has 0 spiro atoms. The molecule has 1 heterocycles. The molecule has 0 saturated heterocycles. The summed E-state index contributed by atoms with van der Waals surface area (Å²) in [7, 11) is 1.83. The third kappa shape index (κ3) is 3.57. The third-order valence-electron chi connectivity index (χ3n) is 3.32. The van der Waals surface area contributed by atoms with E-state index in [2.05, 4.69) is 10.3 Å². The van der Waals surface area contributed by atoms with Crippen LogP contribution in [0, 0.1) is 0 Å². The van der Waals surface area contributed by atoms with Crippen molar-refractivity contribution >= 4 is 5.91 Å². The van der Waals surface area contributed by atoms with Crippen LogP contribution in [-0.2, 0) is 17.9 Å². The fourth-order valence-corrected chi connectivity index (χ4v) is 1.68. The molecular weight excluding hydrogens is 228 g/mol. The average Bonchev–Trinajstić information content (AvgIpc) is 3.06. The third-order valence-corrected chi connectivity index (χ3v) is 3.32. The van der Waals surface area contributed by atoms with E-state index in [1.807, 2.05) is 31.7 Å². The van der Waals surface area contributed by atoms with Crippen molar-refractivity contribution in [3.05, 3.63) is 18.2 Å². The van der Waals surface area contributed by atoms with Crippen molar-refractivity contribution in [2.24, 2.45) is 0 Å². The molecule has 0 aliphatic heterocycles. The zero-order valence-corrected chi connectivity index (χ0v) is 11.4. The van der Waals surface area contributed by atoms with Crippen LogP contribution >= 0.6 is 0 Å². The first kappa shape index (κ1) is 13.1. The SMILES string of the molecule is CC(C)N(C)C(=O)Cn1cnc(CNC2CC2)c1.